The summed E-state index contributed by atoms with van der Waals surface area (Å²) in [5, 5.41) is 15.0. The molecule has 3 rings (SSSR count). The van der Waals surface area contributed by atoms with Crippen LogP contribution < -0.4 is 5.32 Å². The summed E-state index contributed by atoms with van der Waals surface area (Å²) in [5.74, 6) is -0.483. The highest BCUT2D eigenvalue weighted by atomic mass is 35.5. The molecule has 0 spiro atoms. The fourth-order valence-corrected chi connectivity index (χ4v) is 3.53. The number of hydrogen-bond acceptors (Lipinski definition) is 6. The Labute approximate surface area is 160 Å². The first kappa shape index (κ1) is 18.7. The summed E-state index contributed by atoms with van der Waals surface area (Å²) in [4.78, 5) is 26.1. The molecule has 0 radical (unpaired) electrons. The minimum atomic E-state index is -0.406. The van der Waals surface area contributed by atoms with E-state index in [1.165, 1.54) is 16.7 Å². The normalized spacial score (nSPS) is 14.7. The van der Waals surface area contributed by atoms with E-state index in [9.17, 15) is 9.59 Å². The van der Waals surface area contributed by atoms with Crippen molar-refractivity contribution in [3.8, 4) is 0 Å². The van der Waals surface area contributed by atoms with Crippen LogP contribution in [0.4, 0.5) is 5.69 Å². The van der Waals surface area contributed by atoms with Crippen molar-refractivity contribution in [1.29, 1.82) is 0 Å². The molecule has 0 aliphatic heterocycles. The molecular formula is C16H19ClN6O2S. The van der Waals surface area contributed by atoms with Crippen LogP contribution in [0.1, 0.15) is 25.8 Å². The van der Waals surface area contributed by atoms with E-state index in [-0.39, 0.29) is 18.4 Å². The third-order valence-electron chi connectivity index (χ3n) is 3.89. The minimum absolute atomic E-state index is 0.0669. The number of halogens is 1. The number of likely N-dealkylation sites (N-methyl/N-ethyl adjacent to an activating group) is 1. The molecule has 1 unspecified atom stereocenters. The van der Waals surface area contributed by atoms with Crippen LogP contribution in [-0.4, -0.2) is 55.8 Å². The van der Waals surface area contributed by atoms with Crippen LogP contribution in [0, 0.1) is 0 Å². The van der Waals surface area contributed by atoms with Gasteiger partial charge in [0.2, 0.25) is 17.0 Å². The van der Waals surface area contributed by atoms with E-state index in [0.29, 0.717) is 21.9 Å². The molecule has 0 saturated heterocycles. The number of carbonyl (C=O) groups is 2. The van der Waals surface area contributed by atoms with E-state index in [1.54, 1.807) is 42.9 Å². The summed E-state index contributed by atoms with van der Waals surface area (Å²) < 4.78 is 1.76. The lowest BCUT2D eigenvalue weighted by Crippen LogP contribution is -2.39. The van der Waals surface area contributed by atoms with Crippen molar-refractivity contribution in [2.45, 2.75) is 36.2 Å². The molecule has 1 atom stereocenters. The molecule has 1 aliphatic carbocycles. The average molecular weight is 395 g/mol. The van der Waals surface area contributed by atoms with Gasteiger partial charge >= 0.3 is 0 Å². The first-order valence-electron chi connectivity index (χ1n) is 8.19. The molecule has 138 valence electrons. The predicted octanol–water partition coefficient (Wildman–Crippen LogP) is 2.24. The Morgan fingerprint density at radius 2 is 2.15 bits per heavy atom. The summed E-state index contributed by atoms with van der Waals surface area (Å²) >= 11 is 7.32. The van der Waals surface area contributed by atoms with E-state index in [0.717, 1.165) is 12.8 Å². The van der Waals surface area contributed by atoms with Gasteiger partial charge in [0.15, 0.2) is 0 Å². The predicted molar refractivity (Wildman–Crippen MR) is 99.1 cm³/mol. The summed E-state index contributed by atoms with van der Waals surface area (Å²) in [7, 11) is 1.59. The van der Waals surface area contributed by atoms with Crippen LogP contribution in [0.5, 0.6) is 0 Å². The molecule has 1 heterocycles. The summed E-state index contributed by atoms with van der Waals surface area (Å²) in [6, 6.07) is 7.29. The van der Waals surface area contributed by atoms with Gasteiger partial charge in [-0.1, -0.05) is 35.5 Å². The number of nitrogens with one attached hydrogen (secondary N) is 1. The number of carbonyl (C=O) groups excluding carboxylic acids is 2. The maximum atomic E-state index is 12.5. The van der Waals surface area contributed by atoms with Gasteiger partial charge in [0.1, 0.15) is 0 Å². The van der Waals surface area contributed by atoms with Crippen LogP contribution in [0.3, 0.4) is 0 Å². The number of benzene rings is 1. The zero-order valence-corrected chi connectivity index (χ0v) is 16.0. The lowest BCUT2D eigenvalue weighted by atomic mass is 10.3. The van der Waals surface area contributed by atoms with Crippen LogP contribution in [0.25, 0.3) is 0 Å². The van der Waals surface area contributed by atoms with Crippen LogP contribution >= 0.6 is 23.4 Å². The zero-order chi connectivity index (χ0) is 18.7. The van der Waals surface area contributed by atoms with Crippen molar-refractivity contribution in [1.82, 2.24) is 25.1 Å². The lowest BCUT2D eigenvalue weighted by molar-refractivity contribution is -0.132. The highest BCUT2D eigenvalue weighted by molar-refractivity contribution is 8.00. The van der Waals surface area contributed by atoms with Crippen molar-refractivity contribution >= 4 is 40.9 Å². The molecule has 1 aromatic carbocycles. The standard InChI is InChI=1S/C16H19ClN6O2S/c1-10(26-16-19-20-21-23(16)11-7-8-11)15(25)22(2)9-14(24)18-13-6-4-3-5-12(13)17/h3-6,10-11H,7-9H2,1-2H3,(H,18,24). The first-order chi connectivity index (χ1) is 12.5. The number of amides is 2. The van der Waals surface area contributed by atoms with E-state index in [4.69, 9.17) is 11.6 Å². The quantitative estimate of drug-likeness (QED) is 0.724. The van der Waals surface area contributed by atoms with Gasteiger partial charge in [0.05, 0.1) is 28.5 Å². The van der Waals surface area contributed by atoms with Crippen LogP contribution in [0.2, 0.25) is 5.02 Å². The van der Waals surface area contributed by atoms with Gasteiger partial charge in [-0.2, -0.15) is 0 Å². The SMILES string of the molecule is CC(Sc1nnnn1C1CC1)C(=O)N(C)CC(=O)Nc1ccccc1Cl. The third-order valence-corrected chi connectivity index (χ3v) is 5.25. The second kappa shape index (κ2) is 8.05. The Kier molecular flexibility index (Phi) is 5.77. The Morgan fingerprint density at radius 1 is 1.42 bits per heavy atom. The third kappa shape index (κ3) is 4.53. The number of para-hydroxylation sites is 1. The zero-order valence-electron chi connectivity index (χ0n) is 14.4. The smallest absolute Gasteiger partial charge is 0.244 e. The van der Waals surface area contributed by atoms with Gasteiger partial charge in [-0.25, -0.2) is 4.68 Å². The maximum absolute atomic E-state index is 12.5. The number of rotatable bonds is 7. The number of anilines is 1. The molecule has 1 saturated carbocycles. The Bertz CT molecular complexity index is 810. The van der Waals surface area contributed by atoms with Crippen molar-refractivity contribution in [3.05, 3.63) is 29.3 Å². The Balaban J connectivity index is 1.54. The van der Waals surface area contributed by atoms with Crippen molar-refractivity contribution in [2.75, 3.05) is 18.9 Å². The topological polar surface area (TPSA) is 93.0 Å². The van der Waals surface area contributed by atoms with Gasteiger partial charge in [-0.15, -0.1) is 5.10 Å². The average Bonchev–Trinajstić information content (AvgIpc) is 3.35. The molecule has 0 bridgehead atoms. The van der Waals surface area contributed by atoms with Crippen LogP contribution in [-0.2, 0) is 9.59 Å². The largest absolute Gasteiger partial charge is 0.335 e. The van der Waals surface area contributed by atoms with Gasteiger partial charge in [0, 0.05) is 7.05 Å². The summed E-state index contributed by atoms with van der Waals surface area (Å²) in [6.45, 7) is 1.71. The van der Waals surface area contributed by atoms with Gasteiger partial charge in [-0.3, -0.25) is 9.59 Å². The minimum Gasteiger partial charge on any atom is -0.335 e. The molecule has 8 nitrogen and oxygen atoms in total. The molecule has 2 aromatic rings. The summed E-state index contributed by atoms with van der Waals surface area (Å²) in [6.07, 6.45) is 2.12. The number of nitrogens with zero attached hydrogens (tertiary/aromatic N) is 5. The Hall–Kier alpha value is -2.13. The highest BCUT2D eigenvalue weighted by Gasteiger charge is 2.30. The molecule has 10 heteroatoms. The fourth-order valence-electron chi connectivity index (χ4n) is 2.38. The molecule has 2 amide bonds. The van der Waals surface area contributed by atoms with Gasteiger partial charge in [-0.05, 0) is 42.3 Å². The summed E-state index contributed by atoms with van der Waals surface area (Å²) in [5.41, 5.74) is 0.519. The maximum Gasteiger partial charge on any atom is 0.244 e. The molecule has 26 heavy (non-hydrogen) atoms. The van der Waals surface area contributed by atoms with Crippen molar-refractivity contribution < 1.29 is 9.59 Å². The van der Waals surface area contributed by atoms with Gasteiger partial charge in [0.25, 0.3) is 0 Å². The van der Waals surface area contributed by atoms with E-state index in [1.807, 2.05) is 0 Å². The number of thioether (sulfide) groups is 1. The lowest BCUT2D eigenvalue weighted by Gasteiger charge is -2.20. The molecular weight excluding hydrogens is 376 g/mol. The van der Waals surface area contributed by atoms with E-state index < -0.39 is 5.25 Å². The monoisotopic (exact) mass is 394 g/mol. The molecule has 1 aliphatic rings. The van der Waals surface area contributed by atoms with E-state index in [2.05, 4.69) is 20.8 Å². The highest BCUT2D eigenvalue weighted by Crippen LogP contribution is 2.37. The number of hydrogen-bond donors (Lipinski definition) is 1. The number of aromatic nitrogens is 4. The molecule has 1 fully saturated rings. The second-order valence-corrected chi connectivity index (χ2v) is 7.83. The Morgan fingerprint density at radius 3 is 2.85 bits per heavy atom. The fraction of sp³-hybridized carbons (Fsp3) is 0.438. The van der Waals surface area contributed by atoms with Crippen molar-refractivity contribution in [3.63, 3.8) is 0 Å². The van der Waals surface area contributed by atoms with Crippen LogP contribution in [0.15, 0.2) is 29.4 Å². The van der Waals surface area contributed by atoms with Gasteiger partial charge < -0.3 is 10.2 Å². The second-order valence-electron chi connectivity index (χ2n) is 6.12. The van der Waals surface area contributed by atoms with Crippen molar-refractivity contribution in [2.24, 2.45) is 0 Å². The first-order valence-corrected chi connectivity index (χ1v) is 9.45. The molecule has 1 N–H and O–H groups in total. The molecule has 1 aromatic heterocycles. The van der Waals surface area contributed by atoms with E-state index >= 15 is 0 Å². The number of tetrazole rings is 1.